The lowest BCUT2D eigenvalue weighted by molar-refractivity contribution is 0.0858. The number of ether oxygens (including phenoxy) is 1. The minimum Gasteiger partial charge on any atom is -0.380 e. The van der Waals surface area contributed by atoms with Crippen molar-refractivity contribution in [3.8, 4) is 0 Å². The van der Waals surface area contributed by atoms with Crippen LogP contribution in [0, 0.1) is 0 Å². The van der Waals surface area contributed by atoms with Gasteiger partial charge in [0.25, 0.3) is 0 Å². The van der Waals surface area contributed by atoms with Gasteiger partial charge in [-0.3, -0.25) is 0 Å². The molecule has 0 aromatic carbocycles. The van der Waals surface area contributed by atoms with Gasteiger partial charge in [0.2, 0.25) is 0 Å². The molecular weight excluding hydrogens is 136 g/mol. The zero-order valence-electron chi connectivity index (χ0n) is 5.96. The van der Waals surface area contributed by atoms with Crippen molar-refractivity contribution in [2.24, 2.45) is 0 Å². The Bertz CT molecular complexity index is 59.0. The Balaban J connectivity index is 2.95. The summed E-state index contributed by atoms with van der Waals surface area (Å²) in [6.07, 6.45) is 0. The maximum absolute atomic E-state index is 9.02. The van der Waals surface area contributed by atoms with E-state index in [9.17, 15) is 0 Å². The normalized spacial score (nSPS) is 13.7. The van der Waals surface area contributed by atoms with Crippen molar-refractivity contribution in [2.75, 3.05) is 19.0 Å². The third-order valence-corrected chi connectivity index (χ3v) is 1.68. The molecule has 9 heavy (non-hydrogen) atoms. The second-order valence-electron chi connectivity index (χ2n) is 1.57. The quantitative estimate of drug-likeness (QED) is 0.595. The largest absolute Gasteiger partial charge is 0.380 e. The van der Waals surface area contributed by atoms with E-state index in [1.165, 1.54) is 11.8 Å². The summed E-state index contributed by atoms with van der Waals surface area (Å²) >= 11 is 1.50. The zero-order valence-corrected chi connectivity index (χ0v) is 6.78. The Kier molecular flexibility index (Phi) is 6.58. The summed E-state index contributed by atoms with van der Waals surface area (Å²) in [6.45, 7) is 5.07. The third kappa shape index (κ3) is 6.15. The molecule has 0 bridgehead atoms. The third-order valence-electron chi connectivity index (χ3n) is 0.824. The molecule has 0 saturated carbocycles. The standard InChI is InChI=1S/C6H14O2S/c1-3-8-5-6(7)9-4-2/h6-7H,3-5H2,1-2H3. The summed E-state index contributed by atoms with van der Waals surface area (Å²) in [5.74, 6) is 0.939. The molecule has 0 aliphatic rings. The fraction of sp³-hybridized carbons (Fsp3) is 1.00. The van der Waals surface area contributed by atoms with Crippen LogP contribution >= 0.6 is 11.8 Å². The van der Waals surface area contributed by atoms with Gasteiger partial charge in [-0.05, 0) is 12.7 Å². The molecule has 56 valence electrons. The molecule has 0 amide bonds. The highest BCUT2D eigenvalue weighted by Crippen LogP contribution is 2.06. The number of aliphatic hydroxyl groups is 1. The second-order valence-corrected chi connectivity index (χ2v) is 3.02. The van der Waals surface area contributed by atoms with E-state index in [1.807, 2.05) is 13.8 Å². The van der Waals surface area contributed by atoms with E-state index in [2.05, 4.69) is 0 Å². The molecule has 0 radical (unpaired) electrons. The molecule has 1 N–H and O–H groups in total. The van der Waals surface area contributed by atoms with Gasteiger partial charge in [0, 0.05) is 6.61 Å². The minimum absolute atomic E-state index is 0.338. The first-order valence-corrected chi connectivity index (χ1v) is 4.23. The Morgan fingerprint density at radius 3 is 2.67 bits per heavy atom. The van der Waals surface area contributed by atoms with Crippen LogP contribution in [0.4, 0.5) is 0 Å². The van der Waals surface area contributed by atoms with Gasteiger partial charge in [0.15, 0.2) is 0 Å². The summed E-state index contributed by atoms with van der Waals surface area (Å²) in [7, 11) is 0. The van der Waals surface area contributed by atoms with Gasteiger partial charge < -0.3 is 9.84 Å². The highest BCUT2D eigenvalue weighted by Gasteiger charge is 2.00. The van der Waals surface area contributed by atoms with Crippen LogP contribution in [-0.2, 0) is 4.74 Å². The van der Waals surface area contributed by atoms with Crippen molar-refractivity contribution in [3.63, 3.8) is 0 Å². The highest BCUT2D eigenvalue weighted by atomic mass is 32.2. The van der Waals surface area contributed by atoms with E-state index in [1.54, 1.807) is 0 Å². The monoisotopic (exact) mass is 150 g/mol. The van der Waals surface area contributed by atoms with Crippen molar-refractivity contribution < 1.29 is 9.84 Å². The van der Waals surface area contributed by atoms with Crippen molar-refractivity contribution in [1.82, 2.24) is 0 Å². The molecule has 0 fully saturated rings. The first-order chi connectivity index (χ1) is 4.31. The van der Waals surface area contributed by atoms with Crippen LogP contribution in [0.1, 0.15) is 13.8 Å². The van der Waals surface area contributed by atoms with Gasteiger partial charge in [-0.25, -0.2) is 0 Å². The average molecular weight is 150 g/mol. The topological polar surface area (TPSA) is 29.5 Å². The van der Waals surface area contributed by atoms with Crippen LogP contribution in [0.15, 0.2) is 0 Å². The van der Waals surface area contributed by atoms with Crippen molar-refractivity contribution in [2.45, 2.75) is 19.3 Å². The van der Waals surface area contributed by atoms with Crippen molar-refractivity contribution in [3.05, 3.63) is 0 Å². The average Bonchev–Trinajstić information content (AvgIpc) is 1.85. The Hall–Kier alpha value is 0.270. The van der Waals surface area contributed by atoms with Crippen molar-refractivity contribution in [1.29, 1.82) is 0 Å². The number of hydrogen-bond acceptors (Lipinski definition) is 3. The first kappa shape index (κ1) is 9.27. The molecule has 0 saturated heterocycles. The molecule has 1 atom stereocenters. The molecule has 0 heterocycles. The van der Waals surface area contributed by atoms with Gasteiger partial charge >= 0.3 is 0 Å². The van der Waals surface area contributed by atoms with Gasteiger partial charge in [-0.1, -0.05) is 6.92 Å². The second kappa shape index (κ2) is 6.39. The Morgan fingerprint density at radius 2 is 2.22 bits per heavy atom. The van der Waals surface area contributed by atoms with Gasteiger partial charge in [-0.2, -0.15) is 0 Å². The van der Waals surface area contributed by atoms with Crippen molar-refractivity contribution >= 4 is 11.8 Å². The number of thioether (sulfide) groups is 1. The molecule has 3 heteroatoms. The van der Waals surface area contributed by atoms with E-state index in [4.69, 9.17) is 9.84 Å². The summed E-state index contributed by atoms with van der Waals surface area (Å²) in [6, 6.07) is 0. The molecule has 0 aliphatic carbocycles. The summed E-state index contributed by atoms with van der Waals surface area (Å²) < 4.78 is 4.98. The molecule has 2 nitrogen and oxygen atoms in total. The molecule has 0 aliphatic heterocycles. The maximum atomic E-state index is 9.02. The van der Waals surface area contributed by atoms with E-state index in [0.29, 0.717) is 13.2 Å². The molecule has 1 unspecified atom stereocenters. The maximum Gasteiger partial charge on any atom is 0.123 e. The minimum atomic E-state index is -0.338. The van der Waals surface area contributed by atoms with E-state index in [0.717, 1.165) is 5.75 Å². The van der Waals surface area contributed by atoms with Crippen LogP contribution < -0.4 is 0 Å². The lowest BCUT2D eigenvalue weighted by atomic mass is 10.7. The fourth-order valence-electron chi connectivity index (χ4n) is 0.459. The number of rotatable bonds is 5. The van der Waals surface area contributed by atoms with Crippen LogP contribution in [0.25, 0.3) is 0 Å². The molecular formula is C6H14O2S. The SMILES string of the molecule is CCOCC(O)SCC. The summed E-state index contributed by atoms with van der Waals surface area (Å²) in [4.78, 5) is 0. The summed E-state index contributed by atoms with van der Waals surface area (Å²) in [5, 5.41) is 9.02. The van der Waals surface area contributed by atoms with E-state index >= 15 is 0 Å². The molecule has 0 aromatic heterocycles. The molecule has 0 spiro atoms. The van der Waals surface area contributed by atoms with Gasteiger partial charge in [0.05, 0.1) is 6.61 Å². The predicted octanol–water partition coefficient (Wildman–Crippen LogP) is 1.09. The van der Waals surface area contributed by atoms with E-state index in [-0.39, 0.29) is 5.44 Å². The first-order valence-electron chi connectivity index (χ1n) is 3.18. The number of aliphatic hydroxyl groups excluding tert-OH is 1. The lowest BCUT2D eigenvalue weighted by Gasteiger charge is -2.07. The zero-order chi connectivity index (χ0) is 7.11. The van der Waals surface area contributed by atoms with Gasteiger partial charge in [0.1, 0.15) is 5.44 Å². The van der Waals surface area contributed by atoms with Crippen LogP contribution in [0.3, 0.4) is 0 Å². The highest BCUT2D eigenvalue weighted by molar-refractivity contribution is 7.99. The lowest BCUT2D eigenvalue weighted by Crippen LogP contribution is -2.10. The Labute approximate surface area is 60.6 Å². The van der Waals surface area contributed by atoms with E-state index < -0.39 is 0 Å². The number of hydrogen-bond donors (Lipinski definition) is 1. The van der Waals surface area contributed by atoms with Crippen LogP contribution in [0.2, 0.25) is 0 Å². The molecule has 0 aromatic rings. The van der Waals surface area contributed by atoms with Gasteiger partial charge in [-0.15, -0.1) is 11.8 Å². The molecule has 0 rings (SSSR count). The Morgan fingerprint density at radius 1 is 1.56 bits per heavy atom. The summed E-state index contributed by atoms with van der Waals surface area (Å²) in [5.41, 5.74) is -0.338. The smallest absolute Gasteiger partial charge is 0.123 e. The van der Waals surface area contributed by atoms with Crippen LogP contribution in [-0.4, -0.2) is 29.5 Å². The predicted molar refractivity (Wildman–Crippen MR) is 40.6 cm³/mol. The van der Waals surface area contributed by atoms with Crippen LogP contribution in [0.5, 0.6) is 0 Å². The fourth-order valence-corrected chi connectivity index (χ4v) is 1.04.